The van der Waals surface area contributed by atoms with E-state index < -0.39 is 0 Å². The molecule has 0 amide bonds. The first-order valence-electron chi connectivity index (χ1n) is 8.41. The number of benzene rings is 1. The maximum absolute atomic E-state index is 5.93. The third-order valence-corrected chi connectivity index (χ3v) is 4.72. The van der Waals surface area contributed by atoms with Gasteiger partial charge in [0.2, 0.25) is 0 Å². The molecule has 1 aromatic carbocycles. The van der Waals surface area contributed by atoms with Gasteiger partial charge in [-0.3, -0.25) is 4.99 Å². The predicted octanol–water partition coefficient (Wildman–Crippen LogP) is 3.45. The first-order valence-corrected chi connectivity index (χ1v) is 8.41. The van der Waals surface area contributed by atoms with Gasteiger partial charge in [0.15, 0.2) is 17.5 Å². The average Bonchev–Trinajstić information content (AvgIpc) is 2.60. The predicted molar refractivity (Wildman–Crippen MR) is 110 cm³/mol. The smallest absolute Gasteiger partial charge is 0.188 e. The van der Waals surface area contributed by atoms with Gasteiger partial charge < -0.3 is 20.5 Å². The van der Waals surface area contributed by atoms with E-state index in [4.69, 9.17) is 15.2 Å². The molecule has 5 nitrogen and oxygen atoms in total. The van der Waals surface area contributed by atoms with Crippen molar-refractivity contribution in [2.45, 2.75) is 44.4 Å². The second-order valence-corrected chi connectivity index (χ2v) is 6.14. The van der Waals surface area contributed by atoms with Crippen molar-refractivity contribution in [2.75, 3.05) is 27.3 Å². The zero-order valence-electron chi connectivity index (χ0n) is 14.9. The molecule has 0 radical (unpaired) electrons. The quantitative estimate of drug-likeness (QED) is 0.398. The van der Waals surface area contributed by atoms with Crippen LogP contribution < -0.4 is 20.5 Å². The number of rotatable bonds is 6. The van der Waals surface area contributed by atoms with Crippen molar-refractivity contribution in [1.29, 1.82) is 0 Å². The summed E-state index contributed by atoms with van der Waals surface area (Å²) < 4.78 is 10.8. The van der Waals surface area contributed by atoms with E-state index in [0.717, 1.165) is 30.9 Å². The molecule has 0 atom stereocenters. The number of ether oxygens (including phenoxy) is 2. The average molecular weight is 447 g/mol. The first-order chi connectivity index (χ1) is 11.1. The normalized spacial score (nSPS) is 16.9. The number of halogens is 1. The molecule has 1 saturated carbocycles. The number of methoxy groups -OCH3 is 2. The molecule has 0 aromatic heterocycles. The lowest BCUT2D eigenvalue weighted by molar-refractivity contribution is 0.298. The second kappa shape index (κ2) is 9.96. The minimum Gasteiger partial charge on any atom is -0.493 e. The second-order valence-electron chi connectivity index (χ2n) is 6.14. The number of nitrogens with zero attached hydrogens (tertiary/aromatic N) is 1. The number of guanidine groups is 1. The van der Waals surface area contributed by atoms with Crippen LogP contribution in [0.4, 0.5) is 0 Å². The Bertz CT molecular complexity index is 543. The molecular weight excluding hydrogens is 417 g/mol. The van der Waals surface area contributed by atoms with Gasteiger partial charge in [-0.25, -0.2) is 0 Å². The molecule has 0 spiro atoms. The Kier molecular flexibility index (Phi) is 8.66. The van der Waals surface area contributed by atoms with Gasteiger partial charge in [0.25, 0.3) is 0 Å². The van der Waals surface area contributed by atoms with Gasteiger partial charge in [-0.1, -0.05) is 25.3 Å². The van der Waals surface area contributed by atoms with E-state index in [-0.39, 0.29) is 29.4 Å². The summed E-state index contributed by atoms with van der Waals surface area (Å²) in [5.74, 6) is 2.06. The number of nitrogens with one attached hydrogen (secondary N) is 1. The fourth-order valence-electron chi connectivity index (χ4n) is 3.41. The summed E-state index contributed by atoms with van der Waals surface area (Å²) in [6.07, 6.45) is 6.01. The van der Waals surface area contributed by atoms with E-state index in [9.17, 15) is 0 Å². The van der Waals surface area contributed by atoms with E-state index in [1.807, 2.05) is 13.0 Å². The summed E-state index contributed by atoms with van der Waals surface area (Å²) in [6.45, 7) is 3.52. The summed E-state index contributed by atoms with van der Waals surface area (Å²) in [7, 11) is 3.34. The largest absolute Gasteiger partial charge is 0.493 e. The van der Waals surface area contributed by atoms with E-state index in [2.05, 4.69) is 22.4 Å². The summed E-state index contributed by atoms with van der Waals surface area (Å²) in [6, 6.07) is 6.23. The van der Waals surface area contributed by atoms with E-state index in [1.165, 1.54) is 24.8 Å². The molecule has 0 aliphatic heterocycles. The first kappa shape index (κ1) is 20.9. The Morgan fingerprint density at radius 3 is 2.42 bits per heavy atom. The fraction of sp³-hybridized carbons (Fsp3) is 0.611. The van der Waals surface area contributed by atoms with Gasteiger partial charge in [-0.2, -0.15) is 0 Å². The zero-order valence-corrected chi connectivity index (χ0v) is 17.3. The van der Waals surface area contributed by atoms with Gasteiger partial charge in [0.1, 0.15) is 0 Å². The monoisotopic (exact) mass is 447 g/mol. The highest BCUT2D eigenvalue weighted by atomic mass is 127. The number of nitrogens with two attached hydrogens (primary N) is 1. The van der Waals surface area contributed by atoms with Crippen molar-refractivity contribution in [3.8, 4) is 11.5 Å². The van der Waals surface area contributed by atoms with Gasteiger partial charge in [-0.05, 0) is 37.5 Å². The highest BCUT2D eigenvalue weighted by Crippen LogP contribution is 2.42. The van der Waals surface area contributed by atoms with Crippen molar-refractivity contribution < 1.29 is 9.47 Å². The summed E-state index contributed by atoms with van der Waals surface area (Å²) in [5, 5.41) is 3.08. The Labute approximate surface area is 162 Å². The molecule has 136 valence electrons. The highest BCUT2D eigenvalue weighted by Gasteiger charge is 2.34. The van der Waals surface area contributed by atoms with Crippen LogP contribution in [-0.2, 0) is 5.41 Å². The van der Waals surface area contributed by atoms with Crippen LogP contribution in [0.25, 0.3) is 0 Å². The molecule has 1 aromatic rings. The Hall–Kier alpha value is -1.18. The van der Waals surface area contributed by atoms with Crippen molar-refractivity contribution in [3.05, 3.63) is 23.8 Å². The molecule has 0 saturated heterocycles. The van der Waals surface area contributed by atoms with Crippen LogP contribution in [0.2, 0.25) is 0 Å². The van der Waals surface area contributed by atoms with Crippen LogP contribution in [0.5, 0.6) is 11.5 Å². The van der Waals surface area contributed by atoms with Crippen LogP contribution in [0.15, 0.2) is 23.2 Å². The Morgan fingerprint density at radius 2 is 1.83 bits per heavy atom. The van der Waals surface area contributed by atoms with Crippen molar-refractivity contribution in [2.24, 2.45) is 10.7 Å². The maximum atomic E-state index is 5.93. The van der Waals surface area contributed by atoms with E-state index in [1.54, 1.807) is 14.2 Å². The summed E-state index contributed by atoms with van der Waals surface area (Å²) in [5.41, 5.74) is 7.24. The van der Waals surface area contributed by atoms with E-state index in [0.29, 0.717) is 12.5 Å². The molecule has 1 fully saturated rings. The minimum atomic E-state index is 0. The van der Waals surface area contributed by atoms with Crippen LogP contribution in [0.1, 0.15) is 44.6 Å². The lowest BCUT2D eigenvalue weighted by Gasteiger charge is -2.37. The van der Waals surface area contributed by atoms with Crippen LogP contribution in [-0.4, -0.2) is 33.3 Å². The molecule has 2 rings (SSSR count). The molecule has 1 aliphatic rings. The van der Waals surface area contributed by atoms with Crippen LogP contribution in [0, 0.1) is 0 Å². The summed E-state index contributed by atoms with van der Waals surface area (Å²) >= 11 is 0. The fourth-order valence-corrected chi connectivity index (χ4v) is 3.41. The number of hydrogen-bond acceptors (Lipinski definition) is 3. The van der Waals surface area contributed by atoms with Gasteiger partial charge in [0.05, 0.1) is 20.8 Å². The Balaban J connectivity index is 0.00000288. The zero-order chi connectivity index (χ0) is 16.7. The number of aliphatic imine (C=N–C) groups is 1. The Morgan fingerprint density at radius 1 is 1.17 bits per heavy atom. The topological polar surface area (TPSA) is 68.9 Å². The van der Waals surface area contributed by atoms with Gasteiger partial charge in [0, 0.05) is 12.0 Å². The maximum Gasteiger partial charge on any atom is 0.188 e. The molecule has 0 unspecified atom stereocenters. The van der Waals surface area contributed by atoms with E-state index >= 15 is 0 Å². The van der Waals surface area contributed by atoms with Crippen molar-refractivity contribution in [1.82, 2.24) is 5.32 Å². The van der Waals surface area contributed by atoms with Crippen molar-refractivity contribution >= 4 is 29.9 Å². The summed E-state index contributed by atoms with van der Waals surface area (Å²) in [4.78, 5) is 4.60. The third-order valence-electron chi connectivity index (χ3n) is 4.72. The lowest BCUT2D eigenvalue weighted by Crippen LogP contribution is -2.36. The van der Waals surface area contributed by atoms with Crippen molar-refractivity contribution in [3.63, 3.8) is 0 Å². The lowest BCUT2D eigenvalue weighted by atomic mass is 9.69. The molecule has 0 heterocycles. The number of hydrogen-bond donors (Lipinski definition) is 2. The molecule has 0 bridgehead atoms. The molecular formula is C18H30IN3O2. The SMILES string of the molecule is CCNC(N)=NCC1(c2ccc(OC)c(OC)c2)CCCCC1.I. The molecule has 1 aliphatic carbocycles. The molecule has 3 N–H and O–H groups in total. The van der Waals surface area contributed by atoms with Gasteiger partial charge in [-0.15, -0.1) is 24.0 Å². The standard InChI is InChI=1S/C18H29N3O2.HI/c1-4-20-17(19)21-13-18(10-6-5-7-11-18)14-8-9-15(22-2)16(12-14)23-3;/h8-9,12H,4-7,10-11,13H2,1-3H3,(H3,19,20,21);1H. The highest BCUT2D eigenvalue weighted by molar-refractivity contribution is 14.0. The molecule has 24 heavy (non-hydrogen) atoms. The van der Waals surface area contributed by atoms with Crippen LogP contribution >= 0.6 is 24.0 Å². The molecule has 6 heteroatoms. The van der Waals surface area contributed by atoms with Gasteiger partial charge >= 0.3 is 0 Å². The van der Waals surface area contributed by atoms with Crippen LogP contribution in [0.3, 0.4) is 0 Å². The minimum absolute atomic E-state index is 0. The third kappa shape index (κ3) is 4.91.